The molecule has 0 spiro atoms. The fourth-order valence-electron chi connectivity index (χ4n) is 1.26. The molecule has 0 aromatic carbocycles. The zero-order valence-electron chi connectivity index (χ0n) is 7.71. The van der Waals surface area contributed by atoms with Crippen LogP contribution in [-0.4, -0.2) is 5.78 Å². The molecule has 0 amide bonds. The monoisotopic (exact) mass is 364 g/mol. The van der Waals surface area contributed by atoms with Crippen LogP contribution in [0.2, 0.25) is 0 Å². The number of rotatable bonds is 2. The largest absolute Gasteiger partial charge is 0.289 e. The van der Waals surface area contributed by atoms with Gasteiger partial charge in [-0.2, -0.15) is 0 Å². The van der Waals surface area contributed by atoms with Crippen LogP contribution in [-0.2, 0) is 0 Å². The number of thiophene rings is 2. The molecule has 1 nitrogen and oxygen atoms in total. The Morgan fingerprint density at radius 3 is 2.47 bits per heavy atom. The molecule has 0 saturated carbocycles. The van der Waals surface area contributed by atoms with E-state index >= 15 is 0 Å². The van der Waals surface area contributed by atoms with Crippen LogP contribution >= 0.6 is 54.5 Å². The topological polar surface area (TPSA) is 17.1 Å². The van der Waals surface area contributed by atoms with E-state index in [0.29, 0.717) is 0 Å². The third-order valence-corrected chi connectivity index (χ3v) is 5.02. The minimum absolute atomic E-state index is 0.0939. The van der Waals surface area contributed by atoms with Crippen molar-refractivity contribution in [2.75, 3.05) is 0 Å². The summed E-state index contributed by atoms with van der Waals surface area (Å²) in [5, 5.41) is 1.87. The Kier molecular flexibility index (Phi) is 3.45. The lowest BCUT2D eigenvalue weighted by Gasteiger charge is -1.95. The van der Waals surface area contributed by atoms with E-state index < -0.39 is 0 Å². The summed E-state index contributed by atoms with van der Waals surface area (Å²) in [4.78, 5) is 13.1. The first-order valence-corrected chi connectivity index (χ1v) is 7.41. The number of carbonyl (C=O) groups excluding carboxylic acids is 1. The molecular formula is C10H6Br2OS2. The molecule has 0 fully saturated rings. The second-order valence-corrected chi connectivity index (χ2v) is 7.92. The Morgan fingerprint density at radius 2 is 2.00 bits per heavy atom. The lowest BCUT2D eigenvalue weighted by Crippen LogP contribution is -1.98. The summed E-state index contributed by atoms with van der Waals surface area (Å²) in [5.41, 5.74) is 1.54. The number of carbonyl (C=O) groups is 1. The Labute approximate surface area is 112 Å². The fourth-order valence-corrected chi connectivity index (χ4v) is 4.08. The molecular weight excluding hydrogens is 360 g/mol. The normalized spacial score (nSPS) is 10.6. The van der Waals surface area contributed by atoms with Crippen LogP contribution in [0.5, 0.6) is 0 Å². The number of halogens is 2. The molecule has 2 heterocycles. The van der Waals surface area contributed by atoms with Crippen molar-refractivity contribution in [3.8, 4) is 0 Å². The third-order valence-electron chi connectivity index (χ3n) is 1.96. The summed E-state index contributed by atoms with van der Waals surface area (Å²) in [7, 11) is 0. The molecule has 5 heteroatoms. The minimum Gasteiger partial charge on any atom is -0.289 e. The van der Waals surface area contributed by atoms with Crippen molar-refractivity contribution >= 4 is 60.3 Å². The van der Waals surface area contributed by atoms with Gasteiger partial charge in [-0.15, -0.1) is 22.7 Å². The van der Waals surface area contributed by atoms with Crippen molar-refractivity contribution in [1.29, 1.82) is 0 Å². The maximum atomic E-state index is 12.1. The van der Waals surface area contributed by atoms with Crippen molar-refractivity contribution in [2.45, 2.75) is 6.92 Å². The first kappa shape index (κ1) is 11.5. The number of hydrogen-bond donors (Lipinski definition) is 0. The highest BCUT2D eigenvalue weighted by Gasteiger charge is 2.15. The summed E-state index contributed by atoms with van der Waals surface area (Å²) in [6, 6.07) is 3.74. The number of ketones is 1. The molecule has 0 bridgehead atoms. The van der Waals surface area contributed by atoms with Gasteiger partial charge in [-0.3, -0.25) is 4.79 Å². The smallest absolute Gasteiger partial charge is 0.195 e. The van der Waals surface area contributed by atoms with E-state index in [2.05, 4.69) is 31.9 Å². The van der Waals surface area contributed by atoms with Crippen molar-refractivity contribution in [1.82, 2.24) is 0 Å². The molecule has 0 radical (unpaired) electrons. The van der Waals surface area contributed by atoms with Gasteiger partial charge in [0.2, 0.25) is 0 Å². The van der Waals surface area contributed by atoms with Gasteiger partial charge < -0.3 is 0 Å². The van der Waals surface area contributed by atoms with Crippen molar-refractivity contribution in [3.05, 3.63) is 41.1 Å². The Morgan fingerprint density at radius 1 is 1.27 bits per heavy atom. The first-order chi connectivity index (χ1) is 7.08. The molecule has 0 saturated heterocycles. The van der Waals surface area contributed by atoms with Gasteiger partial charge >= 0.3 is 0 Å². The second-order valence-electron chi connectivity index (χ2n) is 2.99. The fraction of sp³-hybridized carbons (Fsp3) is 0.100. The van der Waals surface area contributed by atoms with Crippen LogP contribution in [0.3, 0.4) is 0 Å². The predicted octanol–water partition coefficient (Wildman–Crippen LogP) is 4.87. The molecule has 2 rings (SSSR count). The summed E-state index contributed by atoms with van der Waals surface area (Å²) in [6.07, 6.45) is 0. The van der Waals surface area contributed by atoms with Crippen molar-refractivity contribution in [3.63, 3.8) is 0 Å². The average molecular weight is 366 g/mol. The summed E-state index contributed by atoms with van der Waals surface area (Å²) in [5.74, 6) is 0.0939. The van der Waals surface area contributed by atoms with Gasteiger partial charge in [0.25, 0.3) is 0 Å². The molecule has 0 unspecified atom stereocenters. The summed E-state index contributed by atoms with van der Waals surface area (Å²) >= 11 is 9.86. The summed E-state index contributed by atoms with van der Waals surface area (Å²) < 4.78 is 1.98. The van der Waals surface area contributed by atoms with Gasteiger partial charge in [-0.25, -0.2) is 0 Å². The van der Waals surface area contributed by atoms with Crippen LogP contribution in [0, 0.1) is 6.92 Å². The molecule has 78 valence electrons. The highest BCUT2D eigenvalue weighted by Crippen LogP contribution is 2.30. The summed E-state index contributed by atoms with van der Waals surface area (Å²) in [6.45, 7) is 1.96. The molecule has 0 aliphatic rings. The lowest BCUT2D eigenvalue weighted by atomic mass is 10.1. The van der Waals surface area contributed by atoms with Crippen molar-refractivity contribution in [2.24, 2.45) is 0 Å². The van der Waals surface area contributed by atoms with E-state index in [4.69, 9.17) is 0 Å². The standard InChI is InChI=1S/C10H6Br2OS2/c1-5-7(3-9(12)15-5)10(13)6-2-8(11)14-4-6/h2-4H,1H3. The third kappa shape index (κ3) is 2.41. The van der Waals surface area contributed by atoms with E-state index in [0.717, 1.165) is 23.6 Å². The number of aryl methyl sites for hydroxylation is 1. The zero-order chi connectivity index (χ0) is 11.0. The maximum Gasteiger partial charge on any atom is 0.195 e. The van der Waals surface area contributed by atoms with Crippen LogP contribution in [0.15, 0.2) is 25.1 Å². The first-order valence-electron chi connectivity index (χ1n) is 4.12. The molecule has 2 aromatic rings. The second kappa shape index (κ2) is 4.49. The van der Waals surface area contributed by atoms with Gasteiger partial charge in [0.1, 0.15) is 0 Å². The van der Waals surface area contributed by atoms with E-state index in [1.54, 1.807) is 11.3 Å². The van der Waals surface area contributed by atoms with Gasteiger partial charge in [0, 0.05) is 21.4 Å². The predicted molar refractivity (Wildman–Crippen MR) is 72.2 cm³/mol. The molecule has 0 N–H and O–H groups in total. The van der Waals surface area contributed by atoms with Gasteiger partial charge in [0.15, 0.2) is 5.78 Å². The van der Waals surface area contributed by atoms with Gasteiger partial charge in [0.05, 0.1) is 7.57 Å². The maximum absolute atomic E-state index is 12.1. The highest BCUT2D eigenvalue weighted by atomic mass is 79.9. The lowest BCUT2D eigenvalue weighted by molar-refractivity contribution is 0.103. The van der Waals surface area contributed by atoms with E-state index in [1.165, 1.54) is 11.3 Å². The highest BCUT2D eigenvalue weighted by molar-refractivity contribution is 9.11. The van der Waals surface area contributed by atoms with Crippen LogP contribution in [0.4, 0.5) is 0 Å². The van der Waals surface area contributed by atoms with E-state index in [9.17, 15) is 4.79 Å². The van der Waals surface area contributed by atoms with Crippen LogP contribution in [0.25, 0.3) is 0 Å². The van der Waals surface area contributed by atoms with Gasteiger partial charge in [-0.05, 0) is 50.9 Å². The minimum atomic E-state index is 0.0939. The Hall–Kier alpha value is 0.0300. The Balaban J connectivity index is 2.40. The molecule has 0 aliphatic heterocycles. The van der Waals surface area contributed by atoms with E-state index in [1.807, 2.05) is 24.4 Å². The Bertz CT molecular complexity index is 513. The molecule has 2 aromatic heterocycles. The SMILES string of the molecule is Cc1sc(Br)cc1C(=O)c1csc(Br)c1. The molecule has 0 aliphatic carbocycles. The van der Waals surface area contributed by atoms with Gasteiger partial charge in [-0.1, -0.05) is 0 Å². The number of hydrogen-bond acceptors (Lipinski definition) is 3. The average Bonchev–Trinajstić information content (AvgIpc) is 2.71. The van der Waals surface area contributed by atoms with Crippen LogP contribution < -0.4 is 0 Å². The van der Waals surface area contributed by atoms with E-state index in [-0.39, 0.29) is 5.78 Å². The van der Waals surface area contributed by atoms with Crippen LogP contribution in [0.1, 0.15) is 20.8 Å². The molecule has 15 heavy (non-hydrogen) atoms. The van der Waals surface area contributed by atoms with Crippen molar-refractivity contribution < 1.29 is 4.79 Å². The quantitative estimate of drug-likeness (QED) is 0.693. The zero-order valence-corrected chi connectivity index (χ0v) is 12.5. The molecule has 0 atom stereocenters.